The number of rotatable bonds is 11. The predicted molar refractivity (Wildman–Crippen MR) is 141 cm³/mol. The van der Waals surface area contributed by atoms with Crippen LogP contribution in [0.1, 0.15) is 63.3 Å². The number of nitrogens with zero attached hydrogens (tertiary/aromatic N) is 2. The lowest BCUT2D eigenvalue weighted by molar-refractivity contribution is -0.147. The van der Waals surface area contributed by atoms with E-state index in [1.54, 1.807) is 6.33 Å². The second-order valence-corrected chi connectivity index (χ2v) is 11.0. The molecule has 2 aromatic rings. The molecule has 1 aliphatic heterocycles. The summed E-state index contributed by atoms with van der Waals surface area (Å²) < 4.78 is 0. The van der Waals surface area contributed by atoms with Crippen molar-refractivity contribution >= 4 is 23.7 Å². The highest BCUT2D eigenvalue weighted by atomic mass is 16.4. The number of nitrogens with two attached hydrogens (primary N) is 1. The highest BCUT2D eigenvalue weighted by Gasteiger charge is 2.42. The summed E-state index contributed by atoms with van der Waals surface area (Å²) in [5.74, 6) is -2.71. The molecule has 2 heterocycles. The first-order valence-electron chi connectivity index (χ1n) is 12.8. The highest BCUT2D eigenvalue weighted by Crippen LogP contribution is 2.29. The summed E-state index contributed by atoms with van der Waals surface area (Å²) in [6.45, 7) is 8.60. The Bertz CT molecular complexity index is 1140. The Hall–Kier alpha value is -3.73. The monoisotopic (exact) mass is 526 g/mol. The number of aromatic amines is 1. The molecule has 0 fully saturated rings. The van der Waals surface area contributed by atoms with Crippen molar-refractivity contribution in [2.45, 2.75) is 77.5 Å². The van der Waals surface area contributed by atoms with Crippen molar-refractivity contribution < 1.29 is 24.3 Å². The minimum Gasteiger partial charge on any atom is -0.480 e. The van der Waals surface area contributed by atoms with Crippen LogP contribution >= 0.6 is 0 Å². The van der Waals surface area contributed by atoms with Gasteiger partial charge in [-0.25, -0.2) is 9.78 Å². The molecule has 1 aliphatic rings. The largest absolute Gasteiger partial charge is 0.480 e. The number of hydrogen-bond donors (Lipinski definition) is 5. The average Bonchev–Trinajstić information content (AvgIpc) is 3.39. The number of aliphatic carboxylic acids is 1. The molecule has 0 bridgehead atoms. The number of imidazole rings is 1. The number of carboxylic acids is 1. The number of carboxylic acid groups (broad SMARTS) is 1. The zero-order valence-corrected chi connectivity index (χ0v) is 22.4. The van der Waals surface area contributed by atoms with Crippen LogP contribution in [0.5, 0.6) is 0 Å². The standard InChI is InChI=1S/C27H38N6O5/c1-16(20-13-29-15-31-20)12-30-23(27(2,3)4)25(36)33-14-18-8-6-5-7-17(18)11-21(33)24(35)32-19(26(37)38)9-10-22(28)34/h5-8,13,15-16,19,21,23,30H,9-12,14H2,1-4H3,(H2,28,34)(H,29,31)(H,32,35)(H,37,38)/t16?,19-,21-,23+/m0/s1. The molecular weight excluding hydrogens is 488 g/mol. The van der Waals surface area contributed by atoms with E-state index in [9.17, 15) is 24.3 Å². The third-order valence-electron chi connectivity index (χ3n) is 6.89. The number of H-pyrrole nitrogens is 1. The Morgan fingerprint density at radius 2 is 1.89 bits per heavy atom. The fourth-order valence-electron chi connectivity index (χ4n) is 4.67. The van der Waals surface area contributed by atoms with Crippen LogP contribution in [0.2, 0.25) is 0 Å². The van der Waals surface area contributed by atoms with Gasteiger partial charge in [0.1, 0.15) is 12.1 Å². The topological polar surface area (TPSA) is 171 Å². The fraction of sp³-hybridized carbons (Fsp3) is 0.519. The van der Waals surface area contributed by atoms with Crippen LogP contribution in [-0.2, 0) is 32.1 Å². The third-order valence-corrected chi connectivity index (χ3v) is 6.89. The lowest BCUT2D eigenvalue weighted by Gasteiger charge is -2.41. The minimum absolute atomic E-state index is 0.0432. The number of fused-ring (bicyclic) bond motifs is 1. The lowest BCUT2D eigenvalue weighted by Crippen LogP contribution is -2.61. The second-order valence-electron chi connectivity index (χ2n) is 11.0. The van der Waals surface area contributed by atoms with Gasteiger partial charge in [-0.1, -0.05) is 52.0 Å². The highest BCUT2D eigenvalue weighted by molar-refractivity contribution is 5.93. The Kier molecular flexibility index (Phi) is 9.26. The van der Waals surface area contributed by atoms with Gasteiger partial charge >= 0.3 is 5.97 Å². The zero-order valence-electron chi connectivity index (χ0n) is 22.4. The number of hydrogen-bond acceptors (Lipinski definition) is 6. The van der Waals surface area contributed by atoms with Crippen LogP contribution in [0.3, 0.4) is 0 Å². The Balaban J connectivity index is 1.86. The summed E-state index contributed by atoms with van der Waals surface area (Å²) in [7, 11) is 0. The maximum atomic E-state index is 14.1. The summed E-state index contributed by atoms with van der Waals surface area (Å²) in [5, 5.41) is 15.5. The molecule has 206 valence electrons. The average molecular weight is 527 g/mol. The molecule has 38 heavy (non-hydrogen) atoms. The van der Waals surface area contributed by atoms with Crippen LogP contribution in [0.15, 0.2) is 36.8 Å². The van der Waals surface area contributed by atoms with E-state index in [-0.39, 0.29) is 37.6 Å². The van der Waals surface area contributed by atoms with Gasteiger partial charge in [0.15, 0.2) is 0 Å². The van der Waals surface area contributed by atoms with Crippen molar-refractivity contribution in [1.29, 1.82) is 0 Å². The number of carbonyl (C=O) groups is 4. The first-order valence-corrected chi connectivity index (χ1v) is 12.8. The first kappa shape index (κ1) is 28.8. The first-order chi connectivity index (χ1) is 17.9. The summed E-state index contributed by atoms with van der Waals surface area (Å²) in [4.78, 5) is 59.3. The molecule has 0 saturated heterocycles. The van der Waals surface area contributed by atoms with Crippen LogP contribution in [-0.4, -0.2) is 68.3 Å². The summed E-state index contributed by atoms with van der Waals surface area (Å²) in [5.41, 5.74) is 7.43. The summed E-state index contributed by atoms with van der Waals surface area (Å²) in [6, 6.07) is 4.76. The number of amides is 3. The molecule has 1 aromatic carbocycles. The number of primary amides is 1. The summed E-state index contributed by atoms with van der Waals surface area (Å²) >= 11 is 0. The quantitative estimate of drug-likeness (QED) is 0.294. The van der Waals surface area contributed by atoms with Gasteiger partial charge in [0, 0.05) is 38.0 Å². The molecule has 3 amide bonds. The molecule has 6 N–H and O–H groups in total. The van der Waals surface area contributed by atoms with Crippen molar-refractivity contribution in [1.82, 2.24) is 25.5 Å². The van der Waals surface area contributed by atoms with E-state index in [1.807, 2.05) is 58.2 Å². The van der Waals surface area contributed by atoms with Crippen molar-refractivity contribution in [3.05, 3.63) is 53.6 Å². The maximum absolute atomic E-state index is 14.1. The number of benzene rings is 1. The van der Waals surface area contributed by atoms with E-state index in [0.29, 0.717) is 6.54 Å². The predicted octanol–water partition coefficient (Wildman–Crippen LogP) is 1.31. The normalized spacial score (nSPS) is 17.7. The van der Waals surface area contributed by atoms with E-state index in [1.165, 1.54) is 4.90 Å². The molecule has 0 saturated carbocycles. The SMILES string of the molecule is CC(CN[C@H](C(=O)N1Cc2ccccc2C[C@H]1C(=O)N[C@@H](CCC(N)=O)C(=O)O)C(C)(C)C)c1c[nH]cn1. The van der Waals surface area contributed by atoms with E-state index in [0.717, 1.165) is 16.8 Å². The van der Waals surface area contributed by atoms with Gasteiger partial charge < -0.3 is 31.4 Å². The zero-order chi connectivity index (χ0) is 28.0. The van der Waals surface area contributed by atoms with Crippen molar-refractivity contribution in [2.24, 2.45) is 11.1 Å². The Labute approximate surface area is 222 Å². The molecule has 0 spiro atoms. The molecule has 3 rings (SSSR count). The minimum atomic E-state index is -1.30. The lowest BCUT2D eigenvalue weighted by atomic mass is 9.84. The van der Waals surface area contributed by atoms with E-state index >= 15 is 0 Å². The Morgan fingerprint density at radius 3 is 2.47 bits per heavy atom. The van der Waals surface area contributed by atoms with Crippen molar-refractivity contribution in [3.8, 4) is 0 Å². The maximum Gasteiger partial charge on any atom is 0.326 e. The van der Waals surface area contributed by atoms with E-state index in [4.69, 9.17) is 5.73 Å². The van der Waals surface area contributed by atoms with Gasteiger partial charge in [-0.05, 0) is 23.0 Å². The van der Waals surface area contributed by atoms with E-state index in [2.05, 4.69) is 20.6 Å². The van der Waals surface area contributed by atoms with Gasteiger partial charge in [-0.15, -0.1) is 0 Å². The van der Waals surface area contributed by atoms with Gasteiger partial charge in [-0.3, -0.25) is 14.4 Å². The molecule has 0 aliphatic carbocycles. The molecule has 1 unspecified atom stereocenters. The summed E-state index contributed by atoms with van der Waals surface area (Å²) in [6.07, 6.45) is 3.36. The van der Waals surface area contributed by atoms with Crippen LogP contribution in [0, 0.1) is 5.41 Å². The molecule has 0 radical (unpaired) electrons. The van der Waals surface area contributed by atoms with E-state index < -0.39 is 41.3 Å². The van der Waals surface area contributed by atoms with Crippen LogP contribution < -0.4 is 16.4 Å². The third kappa shape index (κ3) is 7.18. The van der Waals surface area contributed by atoms with Crippen LogP contribution in [0.25, 0.3) is 0 Å². The molecular formula is C27H38N6O5. The van der Waals surface area contributed by atoms with Gasteiger partial charge in [0.2, 0.25) is 17.7 Å². The van der Waals surface area contributed by atoms with Gasteiger partial charge in [0.05, 0.1) is 18.1 Å². The second kappa shape index (κ2) is 12.2. The van der Waals surface area contributed by atoms with Crippen molar-refractivity contribution in [3.63, 3.8) is 0 Å². The van der Waals surface area contributed by atoms with Gasteiger partial charge in [-0.2, -0.15) is 0 Å². The number of nitrogens with one attached hydrogen (secondary N) is 3. The Morgan fingerprint density at radius 1 is 1.21 bits per heavy atom. The molecule has 4 atom stereocenters. The van der Waals surface area contributed by atoms with Gasteiger partial charge in [0.25, 0.3) is 0 Å². The smallest absolute Gasteiger partial charge is 0.326 e. The molecule has 1 aromatic heterocycles. The van der Waals surface area contributed by atoms with Crippen molar-refractivity contribution in [2.75, 3.05) is 6.54 Å². The fourth-order valence-corrected chi connectivity index (χ4v) is 4.67. The molecule has 11 heteroatoms. The molecule has 11 nitrogen and oxygen atoms in total. The van der Waals surface area contributed by atoms with Crippen LogP contribution in [0.4, 0.5) is 0 Å². The number of aromatic nitrogens is 2. The number of carbonyl (C=O) groups excluding carboxylic acids is 3.